The van der Waals surface area contributed by atoms with Crippen molar-refractivity contribution < 1.29 is 13.9 Å². The van der Waals surface area contributed by atoms with Gasteiger partial charge in [-0.3, -0.25) is 4.79 Å². The number of carbonyl (C=O) groups is 1. The molecule has 0 saturated heterocycles. The maximum Gasteiger partial charge on any atom is 0.265 e. The second-order valence-electron chi connectivity index (χ2n) is 4.85. The molecule has 116 valence electrons. The second kappa shape index (κ2) is 7.27. The molecule has 2 aromatic carbocycles. The van der Waals surface area contributed by atoms with Gasteiger partial charge in [0.15, 0.2) is 17.7 Å². The van der Waals surface area contributed by atoms with Gasteiger partial charge in [-0.05, 0) is 43.2 Å². The number of para-hydroxylation sites is 1. The predicted octanol–water partition coefficient (Wildman–Crippen LogP) is 4.58. The minimum absolute atomic E-state index is 0.0623. The standard InChI is InChI=1S/C17H17ClFNO2/c1-3-15(22-16-10-5-4-8-13(16)19)17(21)20-14-9-6-7-12(18)11(14)2/h4-10,15H,3H2,1-2H3,(H,20,21)/t15-/m0/s1. The molecule has 0 saturated carbocycles. The van der Waals surface area contributed by atoms with Gasteiger partial charge in [0.05, 0.1) is 0 Å². The Labute approximate surface area is 134 Å². The Morgan fingerprint density at radius 3 is 2.68 bits per heavy atom. The van der Waals surface area contributed by atoms with Crippen LogP contribution in [-0.2, 0) is 4.79 Å². The molecule has 0 unspecified atom stereocenters. The lowest BCUT2D eigenvalue weighted by Crippen LogP contribution is -2.32. The first-order valence-corrected chi connectivity index (χ1v) is 7.38. The lowest BCUT2D eigenvalue weighted by molar-refractivity contribution is -0.122. The fourth-order valence-corrected chi connectivity index (χ4v) is 2.15. The Balaban J connectivity index is 2.12. The molecule has 0 aliphatic carbocycles. The molecule has 0 fully saturated rings. The van der Waals surface area contributed by atoms with Crippen LogP contribution < -0.4 is 10.1 Å². The highest BCUT2D eigenvalue weighted by Crippen LogP contribution is 2.24. The highest BCUT2D eigenvalue weighted by Gasteiger charge is 2.20. The second-order valence-corrected chi connectivity index (χ2v) is 5.25. The normalized spacial score (nSPS) is 11.8. The van der Waals surface area contributed by atoms with Gasteiger partial charge in [-0.15, -0.1) is 0 Å². The Morgan fingerprint density at radius 1 is 1.27 bits per heavy atom. The topological polar surface area (TPSA) is 38.3 Å². The molecule has 22 heavy (non-hydrogen) atoms. The van der Waals surface area contributed by atoms with Crippen molar-refractivity contribution in [3.8, 4) is 5.75 Å². The highest BCUT2D eigenvalue weighted by atomic mass is 35.5. The third-order valence-corrected chi connectivity index (χ3v) is 3.70. The first kappa shape index (κ1) is 16.3. The molecule has 5 heteroatoms. The molecule has 0 aliphatic heterocycles. The van der Waals surface area contributed by atoms with E-state index >= 15 is 0 Å². The molecule has 0 radical (unpaired) electrons. The summed E-state index contributed by atoms with van der Waals surface area (Å²) in [5.41, 5.74) is 1.39. The summed E-state index contributed by atoms with van der Waals surface area (Å²) in [6.45, 7) is 3.62. The van der Waals surface area contributed by atoms with E-state index in [0.717, 1.165) is 5.56 Å². The van der Waals surface area contributed by atoms with Crippen molar-refractivity contribution in [2.75, 3.05) is 5.32 Å². The number of benzene rings is 2. The lowest BCUT2D eigenvalue weighted by atomic mass is 10.2. The van der Waals surface area contributed by atoms with Gasteiger partial charge >= 0.3 is 0 Å². The number of nitrogens with one attached hydrogen (secondary N) is 1. The van der Waals surface area contributed by atoms with Gasteiger partial charge in [-0.2, -0.15) is 0 Å². The molecule has 1 N–H and O–H groups in total. The Bertz CT molecular complexity index is 675. The van der Waals surface area contributed by atoms with E-state index in [1.54, 1.807) is 37.3 Å². The van der Waals surface area contributed by atoms with E-state index in [2.05, 4.69) is 5.32 Å². The number of carbonyl (C=O) groups excluding carboxylic acids is 1. The van der Waals surface area contributed by atoms with Crippen LogP contribution in [-0.4, -0.2) is 12.0 Å². The molecular weight excluding hydrogens is 305 g/mol. The number of amides is 1. The zero-order valence-electron chi connectivity index (χ0n) is 12.4. The van der Waals surface area contributed by atoms with Gasteiger partial charge in [-0.25, -0.2) is 4.39 Å². The molecule has 0 spiro atoms. The molecule has 0 aromatic heterocycles. The van der Waals surface area contributed by atoms with Crippen molar-refractivity contribution >= 4 is 23.2 Å². The maximum atomic E-state index is 13.6. The fourth-order valence-electron chi connectivity index (χ4n) is 1.97. The van der Waals surface area contributed by atoms with Gasteiger partial charge < -0.3 is 10.1 Å². The number of hydrogen-bond donors (Lipinski definition) is 1. The van der Waals surface area contributed by atoms with Gasteiger partial charge in [0, 0.05) is 10.7 Å². The fraction of sp³-hybridized carbons (Fsp3) is 0.235. The molecule has 2 aromatic rings. The van der Waals surface area contributed by atoms with Crippen LogP contribution in [0.15, 0.2) is 42.5 Å². The smallest absolute Gasteiger partial charge is 0.265 e. The summed E-state index contributed by atoms with van der Waals surface area (Å²) in [5, 5.41) is 3.34. The van der Waals surface area contributed by atoms with Crippen molar-refractivity contribution in [3.05, 3.63) is 58.9 Å². The molecular formula is C17H17ClFNO2. The third kappa shape index (κ3) is 3.77. The van der Waals surface area contributed by atoms with E-state index in [0.29, 0.717) is 17.1 Å². The molecule has 1 amide bonds. The van der Waals surface area contributed by atoms with E-state index in [1.807, 2.05) is 6.92 Å². The third-order valence-electron chi connectivity index (χ3n) is 3.29. The first-order valence-electron chi connectivity index (χ1n) is 7.00. The average Bonchev–Trinajstić information content (AvgIpc) is 2.51. The zero-order chi connectivity index (χ0) is 16.1. The SMILES string of the molecule is CC[C@H](Oc1ccccc1F)C(=O)Nc1cccc(Cl)c1C. The van der Waals surface area contributed by atoms with Gasteiger partial charge in [-0.1, -0.05) is 36.7 Å². The quantitative estimate of drug-likeness (QED) is 0.875. The molecule has 3 nitrogen and oxygen atoms in total. The maximum absolute atomic E-state index is 13.6. The van der Waals surface area contributed by atoms with E-state index in [1.165, 1.54) is 12.1 Å². The van der Waals surface area contributed by atoms with Crippen molar-refractivity contribution in [3.63, 3.8) is 0 Å². The van der Waals surface area contributed by atoms with E-state index in [-0.39, 0.29) is 11.7 Å². The van der Waals surface area contributed by atoms with Crippen molar-refractivity contribution in [2.24, 2.45) is 0 Å². The molecule has 2 rings (SSSR count). The summed E-state index contributed by atoms with van der Waals surface area (Å²) in [6, 6.07) is 11.3. The minimum atomic E-state index is -0.782. The summed E-state index contributed by atoms with van der Waals surface area (Å²) < 4.78 is 19.1. The number of hydrogen-bond acceptors (Lipinski definition) is 2. The summed E-state index contributed by atoms with van der Waals surface area (Å²) >= 11 is 6.03. The molecule has 0 heterocycles. The summed E-state index contributed by atoms with van der Waals surface area (Å²) in [5.74, 6) is -0.767. The van der Waals surface area contributed by atoms with Crippen LogP contribution in [0.4, 0.5) is 10.1 Å². The number of ether oxygens (including phenoxy) is 1. The lowest BCUT2D eigenvalue weighted by Gasteiger charge is -2.18. The molecule has 1 atom stereocenters. The highest BCUT2D eigenvalue weighted by molar-refractivity contribution is 6.31. The van der Waals surface area contributed by atoms with Crippen molar-refractivity contribution in [1.29, 1.82) is 0 Å². The van der Waals surface area contributed by atoms with Crippen LogP contribution in [0.3, 0.4) is 0 Å². The average molecular weight is 322 g/mol. The Hall–Kier alpha value is -2.07. The van der Waals surface area contributed by atoms with E-state index in [9.17, 15) is 9.18 Å². The first-order chi connectivity index (χ1) is 10.5. The van der Waals surface area contributed by atoms with Crippen LogP contribution in [0.5, 0.6) is 5.75 Å². The van der Waals surface area contributed by atoms with E-state index < -0.39 is 11.9 Å². The van der Waals surface area contributed by atoms with Gasteiger partial charge in [0.2, 0.25) is 0 Å². The van der Waals surface area contributed by atoms with E-state index in [4.69, 9.17) is 16.3 Å². The number of rotatable bonds is 5. The van der Waals surface area contributed by atoms with Crippen molar-refractivity contribution in [2.45, 2.75) is 26.4 Å². The molecule has 0 aliphatic rings. The van der Waals surface area contributed by atoms with Gasteiger partial charge in [0.25, 0.3) is 5.91 Å². The van der Waals surface area contributed by atoms with Crippen LogP contribution in [0, 0.1) is 12.7 Å². The summed E-state index contributed by atoms with van der Waals surface area (Å²) in [6.07, 6.45) is -0.366. The van der Waals surface area contributed by atoms with Gasteiger partial charge in [0.1, 0.15) is 0 Å². The molecule has 0 bridgehead atoms. The zero-order valence-corrected chi connectivity index (χ0v) is 13.2. The largest absolute Gasteiger partial charge is 0.478 e. The van der Waals surface area contributed by atoms with Crippen molar-refractivity contribution in [1.82, 2.24) is 0 Å². The number of halogens is 2. The van der Waals surface area contributed by atoms with Crippen LogP contribution in [0.2, 0.25) is 5.02 Å². The van der Waals surface area contributed by atoms with Crippen LogP contribution in [0.25, 0.3) is 0 Å². The monoisotopic (exact) mass is 321 g/mol. The summed E-state index contributed by atoms with van der Waals surface area (Å²) in [7, 11) is 0. The number of anilines is 1. The Kier molecular flexibility index (Phi) is 5.39. The summed E-state index contributed by atoms with van der Waals surface area (Å²) in [4.78, 5) is 12.3. The minimum Gasteiger partial charge on any atom is -0.478 e. The Morgan fingerprint density at radius 2 is 2.00 bits per heavy atom. The van der Waals surface area contributed by atoms with Crippen LogP contribution in [0.1, 0.15) is 18.9 Å². The predicted molar refractivity (Wildman–Crippen MR) is 85.9 cm³/mol. The van der Waals surface area contributed by atoms with Crippen LogP contribution >= 0.6 is 11.6 Å².